The van der Waals surface area contributed by atoms with Gasteiger partial charge in [0.1, 0.15) is 5.75 Å². The van der Waals surface area contributed by atoms with Gasteiger partial charge in [-0.1, -0.05) is 23.6 Å². The number of nitrogens with zero attached hydrogens (tertiary/aromatic N) is 3. The van der Waals surface area contributed by atoms with E-state index < -0.39 is 15.4 Å². The normalized spacial score (nSPS) is 26.9. The molecule has 5 aliphatic heterocycles. The van der Waals surface area contributed by atoms with E-state index in [0.29, 0.717) is 56.2 Å². The number of hydrogen-bond donors (Lipinski definition) is 0. The summed E-state index contributed by atoms with van der Waals surface area (Å²) in [7, 11) is -0.248. The number of rotatable bonds is 8. The van der Waals surface area contributed by atoms with Crippen LogP contribution in [0.2, 0.25) is 0 Å². The maximum absolute atomic E-state index is 14.6. The number of fused-ring (bicyclic) bond motifs is 6. The monoisotopic (exact) mass is 777 g/mol. The van der Waals surface area contributed by atoms with Gasteiger partial charge in [-0.05, 0) is 112 Å². The van der Waals surface area contributed by atoms with Crippen molar-refractivity contribution in [2.45, 2.75) is 90.3 Å². The van der Waals surface area contributed by atoms with Crippen molar-refractivity contribution in [3.05, 3.63) is 81.0 Å². The molecule has 1 amide bonds. The van der Waals surface area contributed by atoms with Gasteiger partial charge >= 0.3 is 0 Å². The third kappa shape index (κ3) is 5.24. The highest BCUT2D eigenvalue weighted by atomic mass is 32.2. The lowest BCUT2D eigenvalue weighted by molar-refractivity contribution is -0.131. The Morgan fingerprint density at radius 3 is 2.39 bits per heavy atom. The lowest BCUT2D eigenvalue weighted by atomic mass is 9.52. The van der Waals surface area contributed by atoms with Gasteiger partial charge in [0.2, 0.25) is 15.9 Å². The van der Waals surface area contributed by atoms with Crippen LogP contribution in [0.25, 0.3) is 0 Å². The van der Waals surface area contributed by atoms with Gasteiger partial charge in [0.25, 0.3) is 0 Å². The second-order valence-electron chi connectivity index (χ2n) is 16.6. The van der Waals surface area contributed by atoms with Crippen LogP contribution in [0, 0.1) is 51.4 Å². The van der Waals surface area contributed by atoms with Crippen molar-refractivity contribution in [3.8, 4) is 29.1 Å². The zero-order valence-electron chi connectivity index (χ0n) is 33.6. The highest BCUT2D eigenvalue weighted by Crippen LogP contribution is 2.65. The maximum Gasteiger partial charge on any atom is 0.232 e. The number of carbonyl (C=O) groups excluding carboxylic acids is 1. The van der Waals surface area contributed by atoms with Crippen LogP contribution in [0.5, 0.6) is 17.2 Å². The second-order valence-corrected chi connectivity index (χ2v) is 18.5. The predicted molar refractivity (Wildman–Crippen MR) is 218 cm³/mol. The van der Waals surface area contributed by atoms with E-state index in [2.05, 4.69) is 79.8 Å². The largest absolute Gasteiger partial charge is 0.493 e. The van der Waals surface area contributed by atoms with Gasteiger partial charge in [-0.3, -0.25) is 9.10 Å². The third-order valence-electron chi connectivity index (χ3n) is 13.7. The van der Waals surface area contributed by atoms with Gasteiger partial charge < -0.3 is 28.7 Å². The smallest absolute Gasteiger partial charge is 0.232 e. The number of benzene rings is 3. The minimum absolute atomic E-state index is 0.0506. The Morgan fingerprint density at radius 2 is 1.70 bits per heavy atom. The van der Waals surface area contributed by atoms with Gasteiger partial charge in [0, 0.05) is 47.4 Å². The number of carbonyl (C=O) groups is 1. The number of ether oxygens (including phenoxy) is 4. The molecule has 0 N–H and O–H groups in total. The average molecular weight is 778 g/mol. The van der Waals surface area contributed by atoms with Crippen molar-refractivity contribution in [2.24, 2.45) is 11.8 Å². The van der Waals surface area contributed by atoms with Crippen LogP contribution in [0.1, 0.15) is 71.6 Å². The van der Waals surface area contributed by atoms with E-state index in [1.807, 2.05) is 13.0 Å². The summed E-state index contributed by atoms with van der Waals surface area (Å²) in [5, 5.41) is 0. The molecule has 10 nitrogen and oxygen atoms in total. The summed E-state index contributed by atoms with van der Waals surface area (Å²) in [4.78, 5) is 19.1. The van der Waals surface area contributed by atoms with Gasteiger partial charge in [-0.15, -0.1) is 5.92 Å². The molecule has 6 atom stereocenters. The third-order valence-corrected chi connectivity index (χ3v) is 14.8. The molecule has 0 spiro atoms. The average Bonchev–Trinajstić information content (AvgIpc) is 3.65. The predicted octanol–water partition coefficient (Wildman–Crippen LogP) is 6.65. The summed E-state index contributed by atoms with van der Waals surface area (Å²) in [6, 6.07) is 10.1. The lowest BCUT2D eigenvalue weighted by Gasteiger charge is -2.61. The number of amides is 1. The highest BCUT2D eigenvalue weighted by Gasteiger charge is 2.69. The fraction of sp³-hybridized carbons (Fsp3) is 0.489. The minimum Gasteiger partial charge on any atom is -0.493 e. The number of anilines is 3. The highest BCUT2D eigenvalue weighted by molar-refractivity contribution is 7.92. The number of aryl methyl sites for hydroxylation is 3. The van der Waals surface area contributed by atoms with Crippen LogP contribution in [0.15, 0.2) is 42.1 Å². The summed E-state index contributed by atoms with van der Waals surface area (Å²) >= 11 is 0. The first-order valence-electron chi connectivity index (χ1n) is 19.8. The quantitative estimate of drug-likeness (QED) is 0.235. The zero-order valence-corrected chi connectivity index (χ0v) is 34.4. The Kier molecular flexibility index (Phi) is 8.71. The van der Waals surface area contributed by atoms with E-state index in [1.165, 1.54) is 21.7 Å². The first-order chi connectivity index (χ1) is 26.8. The van der Waals surface area contributed by atoms with Crippen molar-refractivity contribution >= 4 is 33.0 Å². The Bertz CT molecular complexity index is 2370. The van der Waals surface area contributed by atoms with Gasteiger partial charge in [-0.2, -0.15) is 0 Å². The van der Waals surface area contributed by atoms with Gasteiger partial charge in [0.05, 0.1) is 63.6 Å². The summed E-state index contributed by atoms with van der Waals surface area (Å²) in [5.41, 5.74) is 10.4. The van der Waals surface area contributed by atoms with Gasteiger partial charge in [-0.25, -0.2) is 8.42 Å². The molecular weight excluding hydrogens is 727 g/mol. The van der Waals surface area contributed by atoms with Crippen molar-refractivity contribution in [1.29, 1.82) is 0 Å². The van der Waals surface area contributed by atoms with Crippen molar-refractivity contribution in [3.63, 3.8) is 0 Å². The lowest BCUT2D eigenvalue weighted by Crippen LogP contribution is -2.71. The number of methoxy groups -OCH3 is 2. The molecule has 0 aromatic heterocycles. The van der Waals surface area contributed by atoms with Crippen molar-refractivity contribution in [1.82, 2.24) is 0 Å². The molecule has 294 valence electrons. The molecule has 3 aromatic carbocycles. The van der Waals surface area contributed by atoms with E-state index in [1.54, 1.807) is 14.2 Å². The van der Waals surface area contributed by atoms with E-state index in [9.17, 15) is 13.2 Å². The molecule has 56 heavy (non-hydrogen) atoms. The second kappa shape index (κ2) is 13.2. The molecule has 2 bridgehead atoms. The molecule has 0 radical (unpaired) electrons. The van der Waals surface area contributed by atoms with Crippen molar-refractivity contribution < 1.29 is 32.2 Å². The maximum atomic E-state index is 14.6. The summed E-state index contributed by atoms with van der Waals surface area (Å²) in [6.45, 7) is 11.6. The molecule has 0 unspecified atom stereocenters. The molecule has 3 aromatic rings. The van der Waals surface area contributed by atoms with Crippen LogP contribution in [-0.2, 0) is 31.4 Å². The zero-order chi connectivity index (χ0) is 39.4. The topological polar surface area (TPSA) is 97.9 Å². The first kappa shape index (κ1) is 36.9. The number of sulfonamides is 1. The van der Waals surface area contributed by atoms with Crippen LogP contribution in [0.3, 0.4) is 0 Å². The molecule has 3 fully saturated rings. The Balaban J connectivity index is 1.30. The Morgan fingerprint density at radius 1 is 0.964 bits per heavy atom. The van der Waals surface area contributed by atoms with Crippen molar-refractivity contribution in [2.75, 3.05) is 54.3 Å². The molecule has 2 saturated heterocycles. The standard InChI is InChI=1S/C45H51N3O7S/c1-9-10-30-28(5)34(21-35-31(30)11-14-47(35)56(8,50)51)46-24-29-12-15-54-39-23-41(49)48-36-22-38(53-7)37(52-6)20-33(36)45(40(46)19-32(29)42(39)44(45)48)13-16-55-43-26(3)17-25(2)18-27(43)4/h17-18,20-22,24,32,39-40,42,44H,11-16,19,23H2,1-8H3/t32-,39+,40-,42+,44+,45-/m1/s1. The minimum atomic E-state index is -3.54. The molecule has 1 saturated carbocycles. The van der Waals surface area contributed by atoms with Crippen LogP contribution < -0.4 is 28.3 Å². The fourth-order valence-electron chi connectivity index (χ4n) is 11.7. The summed E-state index contributed by atoms with van der Waals surface area (Å²) in [5.74, 6) is 8.91. The summed E-state index contributed by atoms with van der Waals surface area (Å²) < 4.78 is 53.4. The van der Waals surface area contributed by atoms with E-state index in [-0.39, 0.29) is 35.9 Å². The Labute approximate surface area is 330 Å². The summed E-state index contributed by atoms with van der Waals surface area (Å²) in [6.07, 6.45) is 6.56. The first-order valence-corrected chi connectivity index (χ1v) is 21.6. The Hall–Kier alpha value is -4.66. The number of hydrogen-bond acceptors (Lipinski definition) is 8. The number of piperidine rings is 1. The molecule has 11 heteroatoms. The molecule has 9 rings (SSSR count). The van der Waals surface area contributed by atoms with Crippen LogP contribution in [0.4, 0.5) is 17.1 Å². The molecule has 1 aliphatic carbocycles. The SMILES string of the molecule is CC#Cc1c(C)c(N2C=C3CCO[C@H]4CC(=O)N5c6cc(OC)c(OC)cc6[C@@]6(CCOc7c(C)cc(C)cc7C)[C@@H]5[C@H]4[C@@H]3C[C@@H]26)cc2c1CCN2S(C)(=O)=O. The molecular formula is C45H51N3O7S. The fourth-order valence-corrected chi connectivity index (χ4v) is 12.6. The van der Waals surface area contributed by atoms with Crippen LogP contribution in [-0.4, -0.2) is 72.7 Å². The van der Waals surface area contributed by atoms with Gasteiger partial charge in [0.15, 0.2) is 11.5 Å². The van der Waals surface area contributed by atoms with Crippen LogP contribution >= 0.6 is 0 Å². The van der Waals surface area contributed by atoms with E-state index in [0.717, 1.165) is 63.3 Å². The van der Waals surface area contributed by atoms with E-state index >= 15 is 0 Å². The molecule has 5 heterocycles. The molecule has 6 aliphatic rings. The van der Waals surface area contributed by atoms with E-state index in [4.69, 9.17) is 18.9 Å².